The fourth-order valence-electron chi connectivity index (χ4n) is 2.75. The molecule has 26 heavy (non-hydrogen) atoms. The molecule has 0 aliphatic rings. The van der Waals surface area contributed by atoms with Crippen LogP contribution in [0, 0.1) is 0 Å². The molecule has 0 saturated carbocycles. The smallest absolute Gasteiger partial charge is 0.358 e. The Morgan fingerprint density at radius 3 is 2.77 bits per heavy atom. The maximum absolute atomic E-state index is 11.6. The molecule has 0 saturated heterocycles. The van der Waals surface area contributed by atoms with E-state index in [9.17, 15) is 4.79 Å². The molecule has 2 aromatic carbocycles. The van der Waals surface area contributed by atoms with Crippen LogP contribution in [0.2, 0.25) is 0 Å². The summed E-state index contributed by atoms with van der Waals surface area (Å²) in [5.41, 5.74) is 3.74. The topological polar surface area (TPSA) is 69.0 Å². The van der Waals surface area contributed by atoms with Crippen LogP contribution in [0.5, 0.6) is 0 Å². The summed E-state index contributed by atoms with van der Waals surface area (Å²) in [6.07, 6.45) is 3.52. The molecule has 0 spiro atoms. The minimum atomic E-state index is -0.465. The minimum absolute atomic E-state index is 0.259. The number of aromatic nitrogens is 3. The van der Waals surface area contributed by atoms with Crippen molar-refractivity contribution in [3.05, 3.63) is 78.8 Å². The van der Waals surface area contributed by atoms with Crippen LogP contribution in [0.15, 0.2) is 73.1 Å². The summed E-state index contributed by atoms with van der Waals surface area (Å²) < 4.78 is 6.36. The van der Waals surface area contributed by atoms with Crippen molar-refractivity contribution >= 4 is 28.2 Å². The fourth-order valence-corrected chi connectivity index (χ4v) is 2.75. The van der Waals surface area contributed by atoms with E-state index >= 15 is 0 Å². The SMILES string of the molecule is COC(=O)c1ccn(-c2ccccc2Nc2cnc3ccccc3c2)n1. The zero-order valence-corrected chi connectivity index (χ0v) is 14.1. The van der Waals surface area contributed by atoms with Crippen molar-refractivity contribution in [2.75, 3.05) is 12.4 Å². The molecule has 0 unspecified atom stereocenters. The highest BCUT2D eigenvalue weighted by Gasteiger charge is 2.12. The van der Waals surface area contributed by atoms with Gasteiger partial charge in [-0.15, -0.1) is 0 Å². The first-order valence-electron chi connectivity index (χ1n) is 8.10. The molecule has 4 aromatic rings. The number of benzene rings is 2. The number of carbonyl (C=O) groups is 1. The molecule has 6 heteroatoms. The summed E-state index contributed by atoms with van der Waals surface area (Å²) in [6.45, 7) is 0. The lowest BCUT2D eigenvalue weighted by molar-refractivity contribution is 0.0593. The summed E-state index contributed by atoms with van der Waals surface area (Å²) >= 11 is 0. The number of nitrogens with one attached hydrogen (secondary N) is 1. The lowest BCUT2D eigenvalue weighted by Crippen LogP contribution is -2.05. The fraction of sp³-hybridized carbons (Fsp3) is 0.0500. The van der Waals surface area contributed by atoms with Gasteiger partial charge in [0.1, 0.15) is 0 Å². The number of esters is 1. The normalized spacial score (nSPS) is 10.7. The zero-order valence-electron chi connectivity index (χ0n) is 14.1. The van der Waals surface area contributed by atoms with Crippen LogP contribution in [0.25, 0.3) is 16.6 Å². The first kappa shape index (κ1) is 15.8. The maximum atomic E-state index is 11.6. The van der Waals surface area contributed by atoms with E-state index in [0.29, 0.717) is 0 Å². The van der Waals surface area contributed by atoms with Gasteiger partial charge in [-0.1, -0.05) is 30.3 Å². The Bertz CT molecular complexity index is 1090. The Morgan fingerprint density at radius 1 is 1.08 bits per heavy atom. The van der Waals surface area contributed by atoms with Gasteiger partial charge in [0.15, 0.2) is 5.69 Å². The van der Waals surface area contributed by atoms with Crippen molar-refractivity contribution in [3.8, 4) is 5.69 Å². The predicted octanol–water partition coefficient (Wildman–Crippen LogP) is 3.95. The summed E-state index contributed by atoms with van der Waals surface area (Å²) in [5, 5.41) is 8.72. The van der Waals surface area contributed by atoms with Crippen molar-refractivity contribution in [2.45, 2.75) is 0 Å². The van der Waals surface area contributed by atoms with Gasteiger partial charge in [0.2, 0.25) is 0 Å². The second-order valence-electron chi connectivity index (χ2n) is 5.70. The zero-order chi connectivity index (χ0) is 17.9. The number of anilines is 2. The van der Waals surface area contributed by atoms with Gasteiger partial charge in [-0.25, -0.2) is 9.48 Å². The standard InChI is InChI=1S/C20H16N4O2/c1-26-20(25)18-10-11-24(23-18)19-9-5-4-8-17(19)22-15-12-14-6-2-3-7-16(14)21-13-15/h2-13,22H,1H3. The maximum Gasteiger partial charge on any atom is 0.358 e. The van der Waals surface area contributed by atoms with Crippen molar-refractivity contribution < 1.29 is 9.53 Å². The van der Waals surface area contributed by atoms with Gasteiger partial charge in [0.25, 0.3) is 0 Å². The quantitative estimate of drug-likeness (QED) is 0.568. The largest absolute Gasteiger partial charge is 0.464 e. The van der Waals surface area contributed by atoms with E-state index in [0.717, 1.165) is 28.0 Å². The second-order valence-corrected chi connectivity index (χ2v) is 5.70. The van der Waals surface area contributed by atoms with Crippen LogP contribution in [0.4, 0.5) is 11.4 Å². The van der Waals surface area contributed by atoms with Gasteiger partial charge in [-0.05, 0) is 30.3 Å². The first-order valence-corrected chi connectivity index (χ1v) is 8.10. The number of hydrogen-bond acceptors (Lipinski definition) is 5. The average molecular weight is 344 g/mol. The van der Waals surface area contributed by atoms with Gasteiger partial charge >= 0.3 is 5.97 Å². The molecule has 2 aromatic heterocycles. The molecule has 4 rings (SSSR count). The third-order valence-electron chi connectivity index (χ3n) is 4.00. The summed E-state index contributed by atoms with van der Waals surface area (Å²) in [6, 6.07) is 19.3. The van der Waals surface area contributed by atoms with Crippen LogP contribution in [-0.2, 0) is 4.74 Å². The number of carbonyl (C=O) groups excluding carboxylic acids is 1. The molecule has 0 aliphatic heterocycles. The Morgan fingerprint density at radius 2 is 1.88 bits per heavy atom. The molecule has 128 valence electrons. The minimum Gasteiger partial charge on any atom is -0.464 e. The van der Waals surface area contributed by atoms with Crippen LogP contribution in [0.1, 0.15) is 10.5 Å². The third kappa shape index (κ3) is 3.00. The molecule has 0 fully saturated rings. The molecule has 0 radical (unpaired) electrons. The predicted molar refractivity (Wildman–Crippen MR) is 99.9 cm³/mol. The third-order valence-corrected chi connectivity index (χ3v) is 4.00. The number of methoxy groups -OCH3 is 1. The number of fused-ring (bicyclic) bond motifs is 1. The van der Waals surface area contributed by atoms with Gasteiger partial charge in [-0.2, -0.15) is 5.10 Å². The van der Waals surface area contributed by atoms with Gasteiger partial charge in [0, 0.05) is 11.6 Å². The van der Waals surface area contributed by atoms with Crippen molar-refractivity contribution in [2.24, 2.45) is 0 Å². The second kappa shape index (κ2) is 6.68. The van der Waals surface area contributed by atoms with Gasteiger partial charge in [-0.3, -0.25) is 4.98 Å². The molecule has 0 amide bonds. The molecule has 0 atom stereocenters. The van der Waals surface area contributed by atoms with E-state index in [1.807, 2.05) is 54.6 Å². The number of pyridine rings is 1. The van der Waals surface area contributed by atoms with E-state index in [1.54, 1.807) is 23.1 Å². The number of para-hydroxylation sites is 3. The van der Waals surface area contributed by atoms with Gasteiger partial charge < -0.3 is 10.1 Å². The highest BCUT2D eigenvalue weighted by Crippen LogP contribution is 2.25. The van der Waals surface area contributed by atoms with Crippen LogP contribution in [-0.4, -0.2) is 27.8 Å². The number of nitrogens with zero attached hydrogens (tertiary/aromatic N) is 3. The Hall–Kier alpha value is -3.67. The van der Waals surface area contributed by atoms with E-state index in [2.05, 4.69) is 15.4 Å². The van der Waals surface area contributed by atoms with Crippen LogP contribution in [0.3, 0.4) is 0 Å². The van der Waals surface area contributed by atoms with Crippen molar-refractivity contribution in [1.29, 1.82) is 0 Å². The Kier molecular flexibility index (Phi) is 4.07. The Labute approximate surface area is 150 Å². The van der Waals surface area contributed by atoms with Crippen molar-refractivity contribution in [3.63, 3.8) is 0 Å². The lowest BCUT2D eigenvalue weighted by atomic mass is 10.2. The molecule has 2 heterocycles. The lowest BCUT2D eigenvalue weighted by Gasteiger charge is -2.12. The number of ether oxygens (including phenoxy) is 1. The first-order chi connectivity index (χ1) is 12.7. The van der Waals surface area contributed by atoms with Crippen LogP contribution < -0.4 is 5.32 Å². The van der Waals surface area contributed by atoms with E-state index in [1.165, 1.54) is 7.11 Å². The molecule has 1 N–H and O–H groups in total. The molecular formula is C20H16N4O2. The summed E-state index contributed by atoms with van der Waals surface area (Å²) in [4.78, 5) is 16.1. The number of hydrogen-bond donors (Lipinski definition) is 1. The van der Waals surface area contributed by atoms with E-state index in [4.69, 9.17) is 4.74 Å². The average Bonchev–Trinajstić information content (AvgIpc) is 3.18. The van der Waals surface area contributed by atoms with Gasteiger partial charge in [0.05, 0.1) is 35.9 Å². The van der Waals surface area contributed by atoms with E-state index < -0.39 is 5.97 Å². The number of rotatable bonds is 4. The van der Waals surface area contributed by atoms with Crippen LogP contribution >= 0.6 is 0 Å². The molecular weight excluding hydrogens is 328 g/mol. The summed E-state index contributed by atoms with van der Waals surface area (Å²) in [5.74, 6) is -0.465. The Balaban J connectivity index is 1.69. The highest BCUT2D eigenvalue weighted by molar-refractivity contribution is 5.87. The molecule has 0 bridgehead atoms. The highest BCUT2D eigenvalue weighted by atomic mass is 16.5. The molecule has 0 aliphatic carbocycles. The monoisotopic (exact) mass is 344 g/mol. The molecule has 6 nitrogen and oxygen atoms in total. The van der Waals surface area contributed by atoms with Crippen molar-refractivity contribution in [1.82, 2.24) is 14.8 Å². The van der Waals surface area contributed by atoms with E-state index in [-0.39, 0.29) is 5.69 Å². The summed E-state index contributed by atoms with van der Waals surface area (Å²) in [7, 11) is 1.34.